The average Bonchev–Trinajstić information content (AvgIpc) is 3.37. The zero-order valence-corrected chi connectivity index (χ0v) is 24.8. The van der Waals surface area contributed by atoms with Gasteiger partial charge in [-0.2, -0.15) is 13.2 Å². The maximum absolute atomic E-state index is 14.1. The second-order valence-electron chi connectivity index (χ2n) is 11.5. The molecule has 8 nitrogen and oxygen atoms in total. The van der Waals surface area contributed by atoms with Crippen LogP contribution in [0.4, 0.5) is 13.2 Å². The lowest BCUT2D eigenvalue weighted by Gasteiger charge is -2.42. The fourth-order valence-corrected chi connectivity index (χ4v) is 6.01. The van der Waals surface area contributed by atoms with Crippen molar-refractivity contribution in [3.63, 3.8) is 0 Å². The van der Waals surface area contributed by atoms with Gasteiger partial charge in [0, 0.05) is 46.6 Å². The van der Waals surface area contributed by atoms with Crippen molar-refractivity contribution in [1.82, 2.24) is 15.2 Å². The number of ether oxygens (including phenoxy) is 1. The fourth-order valence-electron chi connectivity index (χ4n) is 4.90. The van der Waals surface area contributed by atoms with Gasteiger partial charge in [0.2, 0.25) is 5.91 Å². The van der Waals surface area contributed by atoms with Crippen LogP contribution < -0.4 is 11.1 Å². The molecule has 0 saturated carbocycles. The number of pyridine rings is 1. The van der Waals surface area contributed by atoms with Gasteiger partial charge in [-0.15, -0.1) is 11.3 Å². The lowest BCUT2D eigenvalue weighted by Crippen LogP contribution is -2.55. The molecule has 2 amide bonds. The Morgan fingerprint density at radius 2 is 2.00 bits per heavy atom. The van der Waals surface area contributed by atoms with Crippen LogP contribution in [0.1, 0.15) is 48.0 Å². The maximum Gasteiger partial charge on any atom is 0.417 e. The number of aromatic nitrogens is 1. The van der Waals surface area contributed by atoms with Gasteiger partial charge in [0.15, 0.2) is 0 Å². The molecule has 2 aromatic heterocycles. The summed E-state index contributed by atoms with van der Waals surface area (Å²) >= 11 is 0.978. The normalized spacial score (nSPS) is 20.4. The number of hydrogen-bond acceptors (Lipinski definition) is 7. The molecule has 1 fully saturated rings. The first-order chi connectivity index (χ1) is 20.2. The van der Waals surface area contributed by atoms with Gasteiger partial charge in [0.05, 0.1) is 42.1 Å². The van der Waals surface area contributed by atoms with Crippen molar-refractivity contribution in [3.05, 3.63) is 76.3 Å². The number of nitrogens with two attached hydrogens (primary N) is 1. The summed E-state index contributed by atoms with van der Waals surface area (Å²) < 4.78 is 48.0. The number of thiophene rings is 1. The Hall–Kier alpha value is -3.87. The number of amides is 2. The molecule has 2 aliphatic heterocycles. The summed E-state index contributed by atoms with van der Waals surface area (Å²) in [5, 5.41) is 3.11. The first-order valence-corrected chi connectivity index (χ1v) is 14.5. The number of morpholine rings is 1. The molecule has 1 aromatic carbocycles. The van der Waals surface area contributed by atoms with Crippen LogP contribution in [0.25, 0.3) is 21.3 Å². The minimum Gasteiger partial charge on any atom is -0.377 e. The van der Waals surface area contributed by atoms with Crippen LogP contribution in [0.2, 0.25) is 0 Å². The van der Waals surface area contributed by atoms with Crippen LogP contribution in [0.15, 0.2) is 65.3 Å². The Morgan fingerprint density at radius 1 is 1.21 bits per heavy atom. The number of rotatable bonds is 6. The van der Waals surface area contributed by atoms with Crippen molar-refractivity contribution in [2.45, 2.75) is 51.1 Å². The van der Waals surface area contributed by atoms with Crippen molar-refractivity contribution in [1.29, 1.82) is 0 Å². The summed E-state index contributed by atoms with van der Waals surface area (Å²) in [7, 11) is 0. The smallest absolute Gasteiger partial charge is 0.377 e. The molecule has 0 radical (unpaired) electrons. The summed E-state index contributed by atoms with van der Waals surface area (Å²) in [6, 6.07) is 7.49. The summed E-state index contributed by atoms with van der Waals surface area (Å²) in [6.45, 7) is 6.99. The monoisotopic (exact) mass is 611 g/mol. The third-order valence-corrected chi connectivity index (χ3v) is 8.48. The van der Waals surface area contributed by atoms with Crippen LogP contribution in [0.3, 0.4) is 0 Å². The first kappa shape index (κ1) is 30.6. The Balaban J connectivity index is 1.33. The third kappa shape index (κ3) is 7.03. The second-order valence-corrected chi connectivity index (χ2v) is 12.6. The van der Waals surface area contributed by atoms with Crippen LogP contribution in [0, 0.1) is 0 Å². The Labute approximate surface area is 251 Å². The van der Waals surface area contributed by atoms with Gasteiger partial charge < -0.3 is 20.7 Å². The second kappa shape index (κ2) is 11.7. The van der Waals surface area contributed by atoms with Crippen LogP contribution in [-0.2, 0) is 22.3 Å². The quantitative estimate of drug-likeness (QED) is 0.359. The molecule has 3 N–H and O–H groups in total. The van der Waals surface area contributed by atoms with E-state index in [-0.39, 0.29) is 28.6 Å². The highest BCUT2D eigenvalue weighted by molar-refractivity contribution is 7.19. The zero-order valence-electron chi connectivity index (χ0n) is 24.0. The molecule has 1 saturated heterocycles. The highest BCUT2D eigenvalue weighted by Crippen LogP contribution is 2.41. The minimum absolute atomic E-state index is 0.0656. The number of nitrogens with zero attached hydrogens (tertiary/aromatic N) is 3. The first-order valence-electron chi connectivity index (χ1n) is 13.7. The van der Waals surface area contributed by atoms with E-state index in [0.717, 1.165) is 23.0 Å². The third-order valence-electron chi connectivity index (χ3n) is 7.29. The van der Waals surface area contributed by atoms with Crippen molar-refractivity contribution in [3.8, 4) is 11.3 Å². The van der Waals surface area contributed by atoms with Crippen molar-refractivity contribution in [2.24, 2.45) is 10.7 Å². The van der Waals surface area contributed by atoms with Crippen molar-refractivity contribution < 1.29 is 27.5 Å². The molecule has 5 rings (SSSR count). The predicted molar refractivity (Wildman–Crippen MR) is 161 cm³/mol. The molecular weight excluding hydrogens is 579 g/mol. The zero-order chi connectivity index (χ0) is 31.0. The van der Waals surface area contributed by atoms with E-state index in [1.807, 2.05) is 19.9 Å². The number of carbonyl (C=O) groups is 2. The molecule has 4 heterocycles. The number of fused-ring (bicyclic) bond motifs is 1. The number of carbonyl (C=O) groups excluding carboxylic acids is 2. The van der Waals surface area contributed by atoms with Crippen molar-refractivity contribution in [2.75, 3.05) is 19.8 Å². The largest absolute Gasteiger partial charge is 0.417 e. The summed E-state index contributed by atoms with van der Waals surface area (Å²) in [5.74, 6) is -0.593. The molecule has 43 heavy (non-hydrogen) atoms. The number of halogens is 3. The van der Waals surface area contributed by atoms with Crippen molar-refractivity contribution >= 4 is 39.5 Å². The van der Waals surface area contributed by atoms with Gasteiger partial charge in [-0.25, -0.2) is 0 Å². The number of nitrogens with one attached hydrogen (secondary N) is 1. The fraction of sp³-hybridized carbons (Fsp3) is 0.355. The van der Waals surface area contributed by atoms with Gasteiger partial charge in [-0.3, -0.25) is 19.6 Å². The van der Waals surface area contributed by atoms with E-state index in [2.05, 4.69) is 15.3 Å². The summed E-state index contributed by atoms with van der Waals surface area (Å²) in [6.07, 6.45) is 3.78. The van der Waals surface area contributed by atoms with E-state index in [1.165, 1.54) is 12.3 Å². The number of allylic oxidation sites excluding steroid dienone is 2. The molecule has 0 bridgehead atoms. The number of hydrogen-bond donors (Lipinski definition) is 2. The lowest BCUT2D eigenvalue weighted by molar-refractivity contribution is -0.136. The topological polar surface area (TPSA) is 110 Å². The minimum atomic E-state index is -4.60. The Bertz CT molecular complexity index is 1640. The average molecular weight is 612 g/mol. The van der Waals surface area contributed by atoms with Gasteiger partial charge >= 0.3 is 6.18 Å². The number of dihydropyridines is 1. The highest BCUT2D eigenvalue weighted by atomic mass is 32.1. The van der Waals surface area contributed by atoms with Gasteiger partial charge in [-0.05, 0) is 68.1 Å². The Morgan fingerprint density at radius 3 is 2.65 bits per heavy atom. The molecule has 1 unspecified atom stereocenters. The van der Waals surface area contributed by atoms with E-state index in [4.69, 9.17) is 10.5 Å². The SMILES string of the molecule is CC1(N)CC=C(/C=C/C(=O)NCc2cc3cc(-c4ccc(C(=O)N5CCOCC5(C)C)cn4)cc(C(F)(F)F)c3s2)C=N1. The maximum atomic E-state index is 14.1. The molecular formula is C31H32F3N5O3S. The molecule has 1 atom stereocenters. The van der Waals surface area contributed by atoms with Gasteiger partial charge in [0.25, 0.3) is 5.91 Å². The highest BCUT2D eigenvalue weighted by Gasteiger charge is 2.36. The van der Waals surface area contributed by atoms with E-state index in [9.17, 15) is 22.8 Å². The van der Waals surface area contributed by atoms with E-state index < -0.39 is 22.9 Å². The van der Waals surface area contributed by atoms with Crippen LogP contribution >= 0.6 is 11.3 Å². The van der Waals surface area contributed by atoms with Gasteiger partial charge in [-0.1, -0.05) is 6.08 Å². The summed E-state index contributed by atoms with van der Waals surface area (Å²) in [5.41, 5.74) is 5.70. The number of aliphatic imine (C=N–C) groups is 1. The van der Waals surface area contributed by atoms with E-state index >= 15 is 0 Å². The van der Waals surface area contributed by atoms with E-state index in [1.54, 1.807) is 48.4 Å². The van der Waals surface area contributed by atoms with Crippen LogP contribution in [-0.4, -0.2) is 58.9 Å². The molecule has 2 aliphatic rings. The number of alkyl halides is 3. The molecule has 12 heteroatoms. The molecule has 3 aromatic rings. The number of benzene rings is 1. The predicted octanol–water partition coefficient (Wildman–Crippen LogP) is 5.48. The molecule has 0 spiro atoms. The standard InChI is InChI=1S/C31H32F3N5O3S/c1-29(2)18-42-11-10-39(29)28(41)20-5-6-25(36-16-20)21-12-22-13-23(43-27(22)24(14-21)31(32,33)34)17-37-26(40)7-4-19-8-9-30(3,35)38-15-19/h4-8,12-16H,9-11,17-18,35H2,1-3H3,(H,37,40)/b7-4+. The van der Waals surface area contributed by atoms with Crippen LogP contribution in [0.5, 0.6) is 0 Å². The van der Waals surface area contributed by atoms with E-state index in [0.29, 0.717) is 47.7 Å². The molecule has 0 aliphatic carbocycles. The summed E-state index contributed by atoms with van der Waals surface area (Å²) in [4.78, 5) is 36.3. The van der Waals surface area contributed by atoms with Gasteiger partial charge in [0.1, 0.15) is 5.66 Å². The molecule has 226 valence electrons. The lowest BCUT2D eigenvalue weighted by atomic mass is 10.0. The Kier molecular flexibility index (Phi) is 8.30.